The number of aromatic nitrogens is 3. The van der Waals surface area contributed by atoms with Crippen LogP contribution in [0.15, 0.2) is 63.8 Å². The summed E-state index contributed by atoms with van der Waals surface area (Å²) in [5.74, 6) is 2.06. The van der Waals surface area contributed by atoms with E-state index in [9.17, 15) is 4.79 Å². The number of nitrogens with zero attached hydrogens (tertiary/aromatic N) is 2. The third-order valence-corrected chi connectivity index (χ3v) is 4.36. The third-order valence-electron chi connectivity index (χ3n) is 4.36. The number of rotatable bonds is 5. The number of benzene rings is 2. The number of H-pyrrole nitrogens is 1. The fourth-order valence-electron chi connectivity index (χ4n) is 2.99. The number of ether oxygens (including phenoxy) is 1. The van der Waals surface area contributed by atoms with Crippen LogP contribution < -0.4 is 10.4 Å². The zero-order valence-electron chi connectivity index (χ0n) is 15.1. The Hall–Kier alpha value is -3.41. The van der Waals surface area contributed by atoms with E-state index in [0.717, 1.165) is 16.8 Å². The summed E-state index contributed by atoms with van der Waals surface area (Å²) in [4.78, 5) is 16.0. The van der Waals surface area contributed by atoms with Gasteiger partial charge in [-0.3, -0.25) is 5.10 Å². The van der Waals surface area contributed by atoms with Crippen LogP contribution in [0.1, 0.15) is 35.8 Å². The van der Waals surface area contributed by atoms with Crippen molar-refractivity contribution >= 4 is 11.0 Å². The van der Waals surface area contributed by atoms with Crippen LogP contribution in [0, 0.1) is 6.92 Å². The molecular formula is C21H19N3O3. The van der Waals surface area contributed by atoms with Crippen LogP contribution in [0.5, 0.6) is 5.75 Å². The van der Waals surface area contributed by atoms with Crippen LogP contribution in [0.2, 0.25) is 0 Å². The van der Waals surface area contributed by atoms with E-state index in [1.165, 1.54) is 11.6 Å². The molecular weight excluding hydrogens is 342 g/mol. The number of aromatic amines is 1. The van der Waals surface area contributed by atoms with Crippen LogP contribution in [0.4, 0.5) is 0 Å². The minimum absolute atomic E-state index is 0.320. The highest BCUT2D eigenvalue weighted by Gasteiger charge is 2.14. The van der Waals surface area contributed by atoms with Crippen LogP contribution in [0.3, 0.4) is 0 Å². The first-order valence-corrected chi connectivity index (χ1v) is 8.75. The van der Waals surface area contributed by atoms with Gasteiger partial charge in [-0.2, -0.15) is 5.10 Å². The fourth-order valence-corrected chi connectivity index (χ4v) is 2.99. The molecule has 0 saturated heterocycles. The average Bonchev–Trinajstić information content (AvgIpc) is 3.12. The summed E-state index contributed by atoms with van der Waals surface area (Å²) in [5, 5.41) is 8.10. The van der Waals surface area contributed by atoms with Crippen molar-refractivity contribution in [2.45, 2.75) is 26.4 Å². The molecule has 2 heterocycles. The fraction of sp³-hybridized carbons (Fsp3) is 0.190. The van der Waals surface area contributed by atoms with Gasteiger partial charge >= 0.3 is 5.63 Å². The Morgan fingerprint density at radius 3 is 2.78 bits per heavy atom. The van der Waals surface area contributed by atoms with Gasteiger partial charge in [-0.15, -0.1) is 0 Å². The van der Waals surface area contributed by atoms with Crippen molar-refractivity contribution in [2.24, 2.45) is 0 Å². The van der Waals surface area contributed by atoms with E-state index in [0.29, 0.717) is 23.6 Å². The lowest BCUT2D eigenvalue weighted by molar-refractivity contribution is 0.217. The second-order valence-corrected chi connectivity index (χ2v) is 6.47. The van der Waals surface area contributed by atoms with E-state index in [2.05, 4.69) is 27.3 Å². The predicted octanol–water partition coefficient (Wildman–Crippen LogP) is 3.95. The summed E-state index contributed by atoms with van der Waals surface area (Å²) in [7, 11) is 0. The first-order valence-electron chi connectivity index (χ1n) is 8.75. The van der Waals surface area contributed by atoms with E-state index in [4.69, 9.17) is 9.15 Å². The van der Waals surface area contributed by atoms with Crippen molar-refractivity contribution in [2.75, 3.05) is 0 Å². The SMILES string of the molecule is Cc1cc(=O)oc2ccc(O[C@@H](C)c3n[nH]c(Cc4ccccc4)n3)cc12. The smallest absolute Gasteiger partial charge is 0.336 e. The second kappa shape index (κ2) is 7.07. The Kier molecular flexibility index (Phi) is 4.46. The molecule has 6 nitrogen and oxygen atoms in total. The summed E-state index contributed by atoms with van der Waals surface area (Å²) < 4.78 is 11.2. The molecule has 0 unspecified atom stereocenters. The molecule has 2 aromatic carbocycles. The van der Waals surface area contributed by atoms with Crippen molar-refractivity contribution in [3.8, 4) is 5.75 Å². The molecule has 0 spiro atoms. The monoisotopic (exact) mass is 361 g/mol. The van der Waals surface area contributed by atoms with E-state index in [1.54, 1.807) is 12.1 Å². The largest absolute Gasteiger partial charge is 0.483 e. The highest BCUT2D eigenvalue weighted by Crippen LogP contribution is 2.26. The van der Waals surface area contributed by atoms with Gasteiger partial charge in [0.2, 0.25) is 0 Å². The van der Waals surface area contributed by atoms with Crippen LogP contribution in [0.25, 0.3) is 11.0 Å². The summed E-state index contributed by atoms with van der Waals surface area (Å²) in [6.45, 7) is 3.77. The van der Waals surface area contributed by atoms with Crippen molar-refractivity contribution in [1.29, 1.82) is 0 Å². The summed E-state index contributed by atoms with van der Waals surface area (Å²) in [6.07, 6.45) is 0.369. The normalized spacial score (nSPS) is 12.2. The van der Waals surface area contributed by atoms with Gasteiger partial charge in [0.05, 0.1) is 0 Å². The zero-order valence-corrected chi connectivity index (χ0v) is 15.1. The number of aryl methyl sites for hydroxylation is 1. The lowest BCUT2D eigenvalue weighted by Gasteiger charge is -2.12. The summed E-state index contributed by atoms with van der Waals surface area (Å²) >= 11 is 0. The molecule has 1 N–H and O–H groups in total. The van der Waals surface area contributed by atoms with E-state index in [1.807, 2.05) is 38.1 Å². The maximum Gasteiger partial charge on any atom is 0.336 e. The van der Waals surface area contributed by atoms with Gasteiger partial charge in [-0.25, -0.2) is 9.78 Å². The minimum atomic E-state index is -0.353. The number of hydrogen-bond acceptors (Lipinski definition) is 5. The van der Waals surface area contributed by atoms with Crippen LogP contribution in [-0.2, 0) is 6.42 Å². The van der Waals surface area contributed by atoms with Gasteiger partial charge in [-0.05, 0) is 43.2 Å². The van der Waals surface area contributed by atoms with Gasteiger partial charge in [0, 0.05) is 17.9 Å². The third kappa shape index (κ3) is 3.74. The number of hydrogen-bond donors (Lipinski definition) is 1. The molecule has 0 bridgehead atoms. The number of nitrogens with one attached hydrogen (secondary N) is 1. The Morgan fingerprint density at radius 1 is 1.15 bits per heavy atom. The van der Waals surface area contributed by atoms with Crippen molar-refractivity contribution < 1.29 is 9.15 Å². The molecule has 0 aliphatic carbocycles. The predicted molar refractivity (Wildman–Crippen MR) is 102 cm³/mol. The molecule has 4 aromatic rings. The van der Waals surface area contributed by atoms with Crippen LogP contribution in [-0.4, -0.2) is 15.2 Å². The zero-order chi connectivity index (χ0) is 18.8. The van der Waals surface area contributed by atoms with E-state index in [-0.39, 0.29) is 11.7 Å². The minimum Gasteiger partial charge on any atom is -0.483 e. The molecule has 0 radical (unpaired) electrons. The molecule has 4 rings (SSSR count). The molecule has 6 heteroatoms. The van der Waals surface area contributed by atoms with Crippen molar-refractivity contribution in [1.82, 2.24) is 15.2 Å². The van der Waals surface area contributed by atoms with Gasteiger partial charge in [0.15, 0.2) is 11.9 Å². The molecule has 0 aliphatic rings. The summed E-state index contributed by atoms with van der Waals surface area (Å²) in [5.41, 5.74) is 2.21. The molecule has 0 amide bonds. The molecule has 0 saturated carbocycles. The maximum atomic E-state index is 11.5. The lowest BCUT2D eigenvalue weighted by atomic mass is 10.1. The molecule has 0 fully saturated rings. The maximum absolute atomic E-state index is 11.5. The number of fused-ring (bicyclic) bond motifs is 1. The summed E-state index contributed by atoms with van der Waals surface area (Å²) in [6, 6.07) is 17.0. The molecule has 136 valence electrons. The Morgan fingerprint density at radius 2 is 1.96 bits per heavy atom. The second-order valence-electron chi connectivity index (χ2n) is 6.47. The first kappa shape index (κ1) is 17.0. The van der Waals surface area contributed by atoms with E-state index >= 15 is 0 Å². The Bertz CT molecular complexity index is 1130. The molecule has 1 atom stereocenters. The molecule has 2 aromatic heterocycles. The van der Waals surface area contributed by atoms with Crippen molar-refractivity contribution in [3.63, 3.8) is 0 Å². The highest BCUT2D eigenvalue weighted by atomic mass is 16.5. The quantitative estimate of drug-likeness (QED) is 0.544. The molecule has 0 aliphatic heterocycles. The highest BCUT2D eigenvalue weighted by molar-refractivity contribution is 5.81. The standard InChI is InChI=1S/C21H19N3O3/c1-13-10-20(25)27-18-9-8-16(12-17(13)18)26-14(2)21-22-19(23-24-21)11-15-6-4-3-5-7-15/h3-10,12,14H,11H2,1-2H3,(H,22,23,24)/t14-/m0/s1. The van der Waals surface area contributed by atoms with Crippen molar-refractivity contribution in [3.05, 3.63) is 87.8 Å². The lowest BCUT2D eigenvalue weighted by Crippen LogP contribution is -2.06. The topological polar surface area (TPSA) is 81.0 Å². The van der Waals surface area contributed by atoms with E-state index < -0.39 is 0 Å². The Labute approximate surface area is 155 Å². The average molecular weight is 361 g/mol. The van der Waals surface area contributed by atoms with Gasteiger partial charge in [0.1, 0.15) is 17.2 Å². The van der Waals surface area contributed by atoms with Gasteiger partial charge in [0.25, 0.3) is 0 Å². The Balaban J connectivity index is 1.51. The van der Waals surface area contributed by atoms with Crippen LogP contribution >= 0.6 is 0 Å². The molecule has 27 heavy (non-hydrogen) atoms. The first-order chi connectivity index (χ1) is 13.1. The van der Waals surface area contributed by atoms with Gasteiger partial charge < -0.3 is 9.15 Å². The van der Waals surface area contributed by atoms with Gasteiger partial charge in [-0.1, -0.05) is 30.3 Å².